The average Bonchev–Trinajstić information content (AvgIpc) is 2.46. The lowest BCUT2D eigenvalue weighted by Gasteiger charge is -2.17. The maximum Gasteiger partial charge on any atom is 0.0612 e. The minimum Gasteiger partial charge on any atom is -0.285 e. The SMILES string of the molecule is CC(C)C1=NCC(C(C)C)=C1C(C)C. The standard InChI is InChI=1S/C13H23N/c1-8(2)11-7-14-13(10(5)6)12(11)9(3)4/h8-10H,7H2,1-6H3. The van der Waals surface area contributed by atoms with E-state index in [0.29, 0.717) is 17.8 Å². The van der Waals surface area contributed by atoms with E-state index in [0.717, 1.165) is 6.54 Å². The number of rotatable bonds is 3. The molecule has 0 atom stereocenters. The number of hydrogen-bond donors (Lipinski definition) is 0. The van der Waals surface area contributed by atoms with Crippen molar-refractivity contribution in [3.8, 4) is 0 Å². The van der Waals surface area contributed by atoms with E-state index in [2.05, 4.69) is 46.5 Å². The van der Waals surface area contributed by atoms with E-state index >= 15 is 0 Å². The predicted octanol–water partition coefficient (Wildman–Crippen LogP) is 3.71. The van der Waals surface area contributed by atoms with Crippen LogP contribution < -0.4 is 0 Å². The van der Waals surface area contributed by atoms with E-state index in [1.54, 1.807) is 5.57 Å². The van der Waals surface area contributed by atoms with Crippen LogP contribution in [0.15, 0.2) is 16.1 Å². The zero-order chi connectivity index (χ0) is 10.9. The van der Waals surface area contributed by atoms with Crippen LogP contribution in [0.1, 0.15) is 41.5 Å². The summed E-state index contributed by atoms with van der Waals surface area (Å²) in [5.41, 5.74) is 4.45. The highest BCUT2D eigenvalue weighted by Gasteiger charge is 2.24. The highest BCUT2D eigenvalue weighted by Crippen LogP contribution is 2.30. The molecule has 1 rings (SSSR count). The molecule has 0 N–H and O–H groups in total. The van der Waals surface area contributed by atoms with Gasteiger partial charge in [0.25, 0.3) is 0 Å². The average molecular weight is 193 g/mol. The van der Waals surface area contributed by atoms with E-state index in [9.17, 15) is 0 Å². The first-order chi connectivity index (χ1) is 6.45. The van der Waals surface area contributed by atoms with Crippen molar-refractivity contribution < 1.29 is 0 Å². The Kier molecular flexibility index (Phi) is 3.52. The molecule has 0 aromatic carbocycles. The zero-order valence-electron chi connectivity index (χ0n) is 10.4. The minimum atomic E-state index is 0.573. The van der Waals surface area contributed by atoms with Crippen molar-refractivity contribution in [1.29, 1.82) is 0 Å². The molecule has 0 aromatic rings. The van der Waals surface area contributed by atoms with E-state index in [1.807, 2.05) is 0 Å². The quantitative estimate of drug-likeness (QED) is 0.648. The third-order valence-electron chi connectivity index (χ3n) is 2.86. The molecule has 14 heavy (non-hydrogen) atoms. The van der Waals surface area contributed by atoms with Crippen molar-refractivity contribution in [2.45, 2.75) is 41.5 Å². The van der Waals surface area contributed by atoms with Gasteiger partial charge in [0, 0.05) is 5.71 Å². The summed E-state index contributed by atoms with van der Waals surface area (Å²) in [6.45, 7) is 14.5. The van der Waals surface area contributed by atoms with Crippen LogP contribution in [0.3, 0.4) is 0 Å². The molecule has 0 spiro atoms. The van der Waals surface area contributed by atoms with E-state index in [1.165, 1.54) is 11.3 Å². The fraction of sp³-hybridized carbons (Fsp3) is 0.769. The number of nitrogens with zero attached hydrogens (tertiary/aromatic N) is 1. The van der Waals surface area contributed by atoms with Crippen molar-refractivity contribution in [1.82, 2.24) is 0 Å². The molecule has 0 unspecified atom stereocenters. The van der Waals surface area contributed by atoms with Crippen LogP contribution in [0.25, 0.3) is 0 Å². The Balaban J connectivity index is 3.04. The number of hydrogen-bond acceptors (Lipinski definition) is 1. The Labute approximate surface area is 88.3 Å². The predicted molar refractivity (Wildman–Crippen MR) is 63.8 cm³/mol. The molecular formula is C13H23N. The smallest absolute Gasteiger partial charge is 0.0612 e. The van der Waals surface area contributed by atoms with Gasteiger partial charge in [-0.1, -0.05) is 41.5 Å². The Morgan fingerprint density at radius 1 is 0.857 bits per heavy atom. The van der Waals surface area contributed by atoms with Gasteiger partial charge in [0.05, 0.1) is 6.54 Å². The Morgan fingerprint density at radius 2 is 1.43 bits per heavy atom. The van der Waals surface area contributed by atoms with Gasteiger partial charge >= 0.3 is 0 Å². The normalized spacial score (nSPS) is 17.6. The van der Waals surface area contributed by atoms with Gasteiger partial charge in [0.2, 0.25) is 0 Å². The summed E-state index contributed by atoms with van der Waals surface area (Å²) in [7, 11) is 0. The first-order valence-electron chi connectivity index (χ1n) is 5.72. The largest absolute Gasteiger partial charge is 0.285 e. The number of allylic oxidation sites excluding steroid dienone is 1. The molecule has 0 amide bonds. The molecule has 1 heterocycles. The van der Waals surface area contributed by atoms with Crippen LogP contribution in [0, 0.1) is 17.8 Å². The summed E-state index contributed by atoms with van der Waals surface area (Å²) in [4.78, 5) is 4.68. The molecule has 1 aliphatic rings. The molecule has 0 fully saturated rings. The highest BCUT2D eigenvalue weighted by molar-refractivity contribution is 6.04. The molecule has 0 radical (unpaired) electrons. The lowest BCUT2D eigenvalue weighted by atomic mass is 9.86. The van der Waals surface area contributed by atoms with Crippen LogP contribution >= 0.6 is 0 Å². The summed E-state index contributed by atoms with van der Waals surface area (Å²) in [6, 6.07) is 0. The molecule has 80 valence electrons. The summed E-state index contributed by atoms with van der Waals surface area (Å²) < 4.78 is 0. The van der Waals surface area contributed by atoms with Crippen molar-refractivity contribution >= 4 is 5.71 Å². The Morgan fingerprint density at radius 3 is 1.79 bits per heavy atom. The molecular weight excluding hydrogens is 170 g/mol. The van der Waals surface area contributed by atoms with Gasteiger partial charge in [-0.05, 0) is 28.9 Å². The Bertz CT molecular complexity index is 267. The van der Waals surface area contributed by atoms with Gasteiger partial charge in [0.15, 0.2) is 0 Å². The Hall–Kier alpha value is -0.590. The van der Waals surface area contributed by atoms with Crippen LogP contribution in [0.2, 0.25) is 0 Å². The van der Waals surface area contributed by atoms with Crippen molar-refractivity contribution in [3.63, 3.8) is 0 Å². The second kappa shape index (κ2) is 4.29. The molecule has 1 nitrogen and oxygen atoms in total. The first-order valence-corrected chi connectivity index (χ1v) is 5.72. The molecule has 0 bridgehead atoms. The topological polar surface area (TPSA) is 12.4 Å². The monoisotopic (exact) mass is 193 g/mol. The zero-order valence-corrected chi connectivity index (χ0v) is 10.4. The van der Waals surface area contributed by atoms with Crippen LogP contribution in [-0.4, -0.2) is 12.3 Å². The molecule has 0 aromatic heterocycles. The molecule has 0 saturated carbocycles. The van der Waals surface area contributed by atoms with Crippen LogP contribution in [-0.2, 0) is 0 Å². The van der Waals surface area contributed by atoms with Crippen molar-refractivity contribution in [2.24, 2.45) is 22.7 Å². The second-order valence-corrected chi connectivity index (χ2v) is 5.10. The minimum absolute atomic E-state index is 0.573. The molecule has 0 saturated heterocycles. The van der Waals surface area contributed by atoms with Gasteiger partial charge in [-0.25, -0.2) is 0 Å². The van der Waals surface area contributed by atoms with Gasteiger partial charge in [-0.2, -0.15) is 0 Å². The van der Waals surface area contributed by atoms with Gasteiger partial charge in [-0.15, -0.1) is 0 Å². The maximum atomic E-state index is 4.68. The maximum absolute atomic E-state index is 4.68. The molecule has 1 heteroatoms. The van der Waals surface area contributed by atoms with Gasteiger partial charge < -0.3 is 0 Å². The van der Waals surface area contributed by atoms with Gasteiger partial charge in [-0.3, -0.25) is 4.99 Å². The lowest BCUT2D eigenvalue weighted by Crippen LogP contribution is -2.14. The molecule has 0 aliphatic carbocycles. The van der Waals surface area contributed by atoms with E-state index < -0.39 is 0 Å². The van der Waals surface area contributed by atoms with E-state index in [-0.39, 0.29) is 0 Å². The van der Waals surface area contributed by atoms with Crippen molar-refractivity contribution in [3.05, 3.63) is 11.1 Å². The third kappa shape index (κ3) is 2.08. The second-order valence-electron chi connectivity index (χ2n) is 5.10. The first kappa shape index (κ1) is 11.5. The lowest BCUT2D eigenvalue weighted by molar-refractivity contribution is 0.707. The third-order valence-corrected chi connectivity index (χ3v) is 2.86. The van der Waals surface area contributed by atoms with Crippen molar-refractivity contribution in [2.75, 3.05) is 6.54 Å². The summed E-state index contributed by atoms with van der Waals surface area (Å²) in [5, 5.41) is 0. The summed E-state index contributed by atoms with van der Waals surface area (Å²) >= 11 is 0. The van der Waals surface area contributed by atoms with E-state index in [4.69, 9.17) is 0 Å². The van der Waals surface area contributed by atoms with Crippen LogP contribution in [0.5, 0.6) is 0 Å². The van der Waals surface area contributed by atoms with Gasteiger partial charge in [0.1, 0.15) is 0 Å². The molecule has 1 aliphatic heterocycles. The van der Waals surface area contributed by atoms with Crippen LogP contribution in [0.4, 0.5) is 0 Å². The summed E-state index contributed by atoms with van der Waals surface area (Å²) in [5.74, 6) is 1.84. The fourth-order valence-corrected chi connectivity index (χ4v) is 2.16. The highest BCUT2D eigenvalue weighted by atomic mass is 14.8. The summed E-state index contributed by atoms with van der Waals surface area (Å²) in [6.07, 6.45) is 0. The fourth-order valence-electron chi connectivity index (χ4n) is 2.16. The number of aliphatic imine (C=N–C) groups is 1.